The molecule has 0 radical (unpaired) electrons. The Bertz CT molecular complexity index is 951. The van der Waals surface area contributed by atoms with Crippen molar-refractivity contribution >= 4 is 29.2 Å². The van der Waals surface area contributed by atoms with E-state index in [1.54, 1.807) is 7.11 Å². The maximum atomic E-state index is 12.6. The number of nitrogens with one attached hydrogen (secondary N) is 1. The van der Waals surface area contributed by atoms with E-state index in [4.69, 9.17) is 14.2 Å². The minimum absolute atomic E-state index is 0.149. The van der Waals surface area contributed by atoms with Crippen LogP contribution in [0.4, 0.5) is 11.4 Å². The quantitative estimate of drug-likeness (QED) is 0.652. The number of rotatable bonds is 7. The second-order valence-corrected chi connectivity index (χ2v) is 7.27. The minimum atomic E-state index is -0.612. The average Bonchev–Trinajstić information content (AvgIpc) is 2.83. The number of carbonyl (C=O) groups excluding carboxylic acids is 3. The third-order valence-corrected chi connectivity index (χ3v) is 5.22. The van der Waals surface area contributed by atoms with Crippen LogP contribution in [-0.2, 0) is 14.3 Å². The van der Waals surface area contributed by atoms with E-state index in [1.807, 2.05) is 29.2 Å². The molecule has 2 aromatic carbocycles. The summed E-state index contributed by atoms with van der Waals surface area (Å²) in [6.45, 7) is 3.13. The molecule has 0 bridgehead atoms. The molecule has 170 valence electrons. The summed E-state index contributed by atoms with van der Waals surface area (Å²) in [7, 11) is 4.15. The van der Waals surface area contributed by atoms with Crippen LogP contribution >= 0.6 is 0 Å². The van der Waals surface area contributed by atoms with E-state index in [2.05, 4.69) is 10.2 Å². The van der Waals surface area contributed by atoms with Gasteiger partial charge in [-0.15, -0.1) is 0 Å². The van der Waals surface area contributed by atoms with Crippen LogP contribution < -0.4 is 15.0 Å². The van der Waals surface area contributed by atoms with E-state index >= 15 is 0 Å². The molecule has 1 fully saturated rings. The molecule has 0 aromatic heterocycles. The normalized spacial score (nSPS) is 13.9. The Labute approximate surface area is 186 Å². The lowest BCUT2D eigenvalue weighted by Gasteiger charge is -2.36. The number of anilines is 2. The van der Waals surface area contributed by atoms with E-state index in [1.165, 1.54) is 32.4 Å². The molecule has 1 saturated heterocycles. The highest BCUT2D eigenvalue weighted by Gasteiger charge is 2.22. The van der Waals surface area contributed by atoms with Gasteiger partial charge in [0.25, 0.3) is 0 Å². The first-order valence-electron chi connectivity index (χ1n) is 10.2. The van der Waals surface area contributed by atoms with Crippen molar-refractivity contribution in [3.05, 3.63) is 53.6 Å². The van der Waals surface area contributed by atoms with Crippen molar-refractivity contribution in [1.29, 1.82) is 0 Å². The molecular weight excluding hydrogens is 414 g/mol. The van der Waals surface area contributed by atoms with E-state index < -0.39 is 11.9 Å². The summed E-state index contributed by atoms with van der Waals surface area (Å²) in [5.41, 5.74) is 1.66. The highest BCUT2D eigenvalue weighted by atomic mass is 16.5. The Morgan fingerprint density at radius 1 is 0.875 bits per heavy atom. The maximum absolute atomic E-state index is 12.6. The Morgan fingerprint density at radius 3 is 2.03 bits per heavy atom. The number of hydrogen-bond acceptors (Lipinski definition) is 8. The Morgan fingerprint density at radius 2 is 1.47 bits per heavy atom. The molecule has 1 aliphatic rings. The molecule has 32 heavy (non-hydrogen) atoms. The van der Waals surface area contributed by atoms with Crippen LogP contribution in [0, 0.1) is 0 Å². The molecule has 1 aliphatic heterocycles. The number of ether oxygens (including phenoxy) is 3. The number of methoxy groups -OCH3 is 3. The summed E-state index contributed by atoms with van der Waals surface area (Å²) in [5, 5.41) is 2.76. The zero-order valence-corrected chi connectivity index (χ0v) is 18.4. The first kappa shape index (κ1) is 23.1. The zero-order valence-electron chi connectivity index (χ0n) is 18.4. The fourth-order valence-electron chi connectivity index (χ4n) is 3.61. The SMILES string of the molecule is COC(=O)c1cc(NC(=O)CN2CCN(c3ccccc3OC)CC2)cc(C(=O)OC)c1. The van der Waals surface area contributed by atoms with Gasteiger partial charge in [0.15, 0.2) is 0 Å². The van der Waals surface area contributed by atoms with Gasteiger partial charge in [-0.1, -0.05) is 12.1 Å². The number of benzene rings is 2. The van der Waals surface area contributed by atoms with Crippen molar-refractivity contribution in [3.8, 4) is 5.75 Å². The fourth-order valence-corrected chi connectivity index (χ4v) is 3.61. The van der Waals surface area contributed by atoms with E-state index in [-0.39, 0.29) is 23.6 Å². The van der Waals surface area contributed by atoms with E-state index in [0.29, 0.717) is 18.8 Å². The maximum Gasteiger partial charge on any atom is 0.337 e. The van der Waals surface area contributed by atoms with Crippen LogP contribution in [0.5, 0.6) is 5.75 Å². The molecule has 3 rings (SSSR count). The van der Waals surface area contributed by atoms with Crippen LogP contribution in [0.2, 0.25) is 0 Å². The van der Waals surface area contributed by atoms with Crippen LogP contribution in [0.15, 0.2) is 42.5 Å². The lowest BCUT2D eigenvalue weighted by Crippen LogP contribution is -2.48. The number of carbonyl (C=O) groups is 3. The van der Waals surface area contributed by atoms with Crippen LogP contribution in [0.1, 0.15) is 20.7 Å². The predicted octanol–water partition coefficient (Wildman–Crippen LogP) is 2.03. The summed E-state index contributed by atoms with van der Waals surface area (Å²) >= 11 is 0. The molecule has 9 nitrogen and oxygen atoms in total. The third kappa shape index (κ3) is 5.55. The topological polar surface area (TPSA) is 97.4 Å². The van der Waals surface area contributed by atoms with Gasteiger partial charge in [0, 0.05) is 31.9 Å². The molecule has 9 heteroatoms. The monoisotopic (exact) mass is 441 g/mol. The lowest BCUT2D eigenvalue weighted by molar-refractivity contribution is -0.117. The summed E-state index contributed by atoms with van der Waals surface area (Å²) in [6.07, 6.45) is 0. The fraction of sp³-hybridized carbons (Fsp3) is 0.348. The molecule has 0 atom stereocenters. The van der Waals surface area contributed by atoms with Gasteiger partial charge in [0.05, 0.1) is 44.7 Å². The molecule has 1 heterocycles. The number of piperazine rings is 1. The largest absolute Gasteiger partial charge is 0.495 e. The van der Waals surface area contributed by atoms with Gasteiger partial charge in [0.2, 0.25) is 5.91 Å². The van der Waals surface area contributed by atoms with Crippen LogP contribution in [0.25, 0.3) is 0 Å². The van der Waals surface area contributed by atoms with Gasteiger partial charge in [-0.25, -0.2) is 9.59 Å². The van der Waals surface area contributed by atoms with Gasteiger partial charge in [-0.05, 0) is 30.3 Å². The van der Waals surface area contributed by atoms with Crippen molar-refractivity contribution in [2.75, 3.05) is 64.3 Å². The molecule has 2 aromatic rings. The Balaban J connectivity index is 1.61. The Kier molecular flexibility index (Phi) is 7.67. The molecule has 0 aliphatic carbocycles. The van der Waals surface area contributed by atoms with Crippen molar-refractivity contribution in [1.82, 2.24) is 4.90 Å². The van der Waals surface area contributed by atoms with E-state index in [0.717, 1.165) is 24.5 Å². The van der Waals surface area contributed by atoms with Crippen LogP contribution in [-0.4, -0.2) is 76.8 Å². The van der Waals surface area contributed by atoms with Gasteiger partial charge < -0.3 is 24.4 Å². The highest BCUT2D eigenvalue weighted by molar-refractivity contribution is 5.99. The summed E-state index contributed by atoms with van der Waals surface area (Å²) in [4.78, 5) is 40.7. The first-order valence-corrected chi connectivity index (χ1v) is 10.2. The number of amides is 1. The van der Waals surface area contributed by atoms with Gasteiger partial charge in [0.1, 0.15) is 5.75 Å². The first-order chi connectivity index (χ1) is 15.4. The van der Waals surface area contributed by atoms with Crippen molar-refractivity contribution in [2.45, 2.75) is 0 Å². The zero-order chi connectivity index (χ0) is 23.1. The molecule has 0 spiro atoms. The van der Waals surface area contributed by atoms with Crippen LogP contribution in [0.3, 0.4) is 0 Å². The molecule has 1 N–H and O–H groups in total. The minimum Gasteiger partial charge on any atom is -0.495 e. The standard InChI is InChI=1S/C23H27N3O6/c1-30-20-7-5-4-6-19(20)26-10-8-25(9-11-26)15-21(27)24-18-13-16(22(28)31-2)12-17(14-18)23(29)32-3/h4-7,12-14H,8-11,15H2,1-3H3,(H,24,27). The number of hydrogen-bond donors (Lipinski definition) is 1. The molecule has 1 amide bonds. The number of esters is 2. The predicted molar refractivity (Wildman–Crippen MR) is 119 cm³/mol. The van der Waals surface area contributed by atoms with E-state index in [9.17, 15) is 14.4 Å². The number of para-hydroxylation sites is 2. The second-order valence-electron chi connectivity index (χ2n) is 7.27. The molecule has 0 saturated carbocycles. The van der Waals surface area contributed by atoms with Crippen molar-refractivity contribution in [3.63, 3.8) is 0 Å². The summed E-state index contributed by atoms with van der Waals surface area (Å²) in [5.74, 6) is -0.642. The highest BCUT2D eigenvalue weighted by Crippen LogP contribution is 2.28. The average molecular weight is 441 g/mol. The molecular formula is C23H27N3O6. The van der Waals surface area contributed by atoms with Crippen molar-refractivity contribution < 1.29 is 28.6 Å². The lowest BCUT2D eigenvalue weighted by atomic mass is 10.1. The third-order valence-electron chi connectivity index (χ3n) is 5.22. The smallest absolute Gasteiger partial charge is 0.337 e. The summed E-state index contributed by atoms with van der Waals surface area (Å²) < 4.78 is 14.9. The molecule has 0 unspecified atom stereocenters. The number of nitrogens with zero attached hydrogens (tertiary/aromatic N) is 2. The van der Waals surface area contributed by atoms with Gasteiger partial charge in [-0.2, -0.15) is 0 Å². The van der Waals surface area contributed by atoms with Gasteiger partial charge >= 0.3 is 11.9 Å². The van der Waals surface area contributed by atoms with Gasteiger partial charge in [-0.3, -0.25) is 9.69 Å². The Hall–Kier alpha value is -3.59. The second kappa shape index (κ2) is 10.6. The van der Waals surface area contributed by atoms with Crippen molar-refractivity contribution in [2.24, 2.45) is 0 Å². The summed E-state index contributed by atoms with van der Waals surface area (Å²) in [6, 6.07) is 12.2.